The fourth-order valence-corrected chi connectivity index (χ4v) is 5.15. The van der Waals surface area contributed by atoms with Crippen LogP contribution in [-0.4, -0.2) is 65.2 Å². The maximum Gasteiger partial charge on any atom is 0.240 e. The topological polar surface area (TPSA) is 79.4 Å². The van der Waals surface area contributed by atoms with E-state index in [1.54, 1.807) is 17.7 Å². The lowest BCUT2D eigenvalue weighted by Gasteiger charge is -2.40. The molecule has 2 atom stereocenters. The number of ether oxygens (including phenoxy) is 1. The summed E-state index contributed by atoms with van der Waals surface area (Å²) in [5.41, 5.74) is -0.400. The molecular formula is C19H27N5O2S. The van der Waals surface area contributed by atoms with Gasteiger partial charge in [0, 0.05) is 25.7 Å². The number of anilines is 1. The van der Waals surface area contributed by atoms with Gasteiger partial charge in [-0.25, -0.2) is 9.97 Å². The number of nitrogens with one attached hydrogen (secondary N) is 2. The first kappa shape index (κ1) is 18.6. The van der Waals surface area contributed by atoms with E-state index in [2.05, 4.69) is 31.6 Å². The predicted octanol–water partition coefficient (Wildman–Crippen LogP) is 2.25. The van der Waals surface area contributed by atoms with Gasteiger partial charge in [-0.05, 0) is 50.6 Å². The van der Waals surface area contributed by atoms with Crippen LogP contribution in [0, 0.1) is 0 Å². The molecule has 2 fully saturated rings. The maximum atomic E-state index is 13.1. The molecule has 2 aromatic heterocycles. The van der Waals surface area contributed by atoms with Crippen molar-refractivity contribution < 1.29 is 9.53 Å². The summed E-state index contributed by atoms with van der Waals surface area (Å²) in [4.78, 5) is 25.2. The largest absolute Gasteiger partial charge is 0.380 e. The quantitative estimate of drug-likeness (QED) is 0.707. The zero-order valence-electron chi connectivity index (χ0n) is 15.7. The standard InChI is InChI=1S/C19H27N5O2S/c1-2-26-9-7-20-18(25)19-6-3-4-8-24(19)12-14(11-19)23-16-15-5-10-27-17(15)22-13-21-16/h5,10,13-14H,2-4,6-9,11-12H2,1H3,(H,20,25)(H,21,22,23)/t14-,19-/m0/s1. The Balaban J connectivity index is 1.47. The van der Waals surface area contributed by atoms with Crippen LogP contribution in [0.4, 0.5) is 5.82 Å². The summed E-state index contributed by atoms with van der Waals surface area (Å²) in [6.07, 6.45) is 5.60. The van der Waals surface area contributed by atoms with E-state index in [-0.39, 0.29) is 11.9 Å². The molecule has 27 heavy (non-hydrogen) atoms. The van der Waals surface area contributed by atoms with Crippen LogP contribution in [0.15, 0.2) is 17.8 Å². The summed E-state index contributed by atoms with van der Waals surface area (Å²) >= 11 is 1.62. The molecule has 0 bridgehead atoms. The van der Waals surface area contributed by atoms with E-state index >= 15 is 0 Å². The number of carbonyl (C=O) groups is 1. The third-order valence-corrected chi connectivity index (χ3v) is 6.48. The molecule has 2 saturated heterocycles. The molecule has 0 unspecified atom stereocenters. The smallest absolute Gasteiger partial charge is 0.240 e. The van der Waals surface area contributed by atoms with Crippen LogP contribution in [0.5, 0.6) is 0 Å². The second kappa shape index (κ2) is 8.08. The fourth-order valence-electron chi connectivity index (χ4n) is 4.42. The minimum Gasteiger partial charge on any atom is -0.380 e. The Bertz CT molecular complexity index is 797. The van der Waals surface area contributed by atoms with Gasteiger partial charge in [0.2, 0.25) is 5.91 Å². The Labute approximate surface area is 163 Å². The van der Waals surface area contributed by atoms with Crippen molar-refractivity contribution in [3.8, 4) is 0 Å². The van der Waals surface area contributed by atoms with Crippen LogP contribution in [0.25, 0.3) is 10.2 Å². The number of carbonyl (C=O) groups excluding carboxylic acids is 1. The maximum absolute atomic E-state index is 13.1. The Morgan fingerprint density at radius 3 is 3.26 bits per heavy atom. The molecule has 2 aliphatic rings. The van der Waals surface area contributed by atoms with E-state index in [4.69, 9.17) is 4.74 Å². The summed E-state index contributed by atoms with van der Waals surface area (Å²) in [6.45, 7) is 5.63. The van der Waals surface area contributed by atoms with E-state index in [1.807, 2.05) is 12.3 Å². The van der Waals surface area contributed by atoms with Crippen LogP contribution >= 0.6 is 11.3 Å². The number of nitrogens with zero attached hydrogens (tertiary/aromatic N) is 3. The lowest BCUT2D eigenvalue weighted by molar-refractivity contribution is -0.134. The zero-order chi connectivity index (χ0) is 18.7. The van der Waals surface area contributed by atoms with Crippen LogP contribution in [0.3, 0.4) is 0 Å². The molecule has 1 amide bonds. The molecule has 2 aromatic rings. The van der Waals surface area contributed by atoms with E-state index < -0.39 is 5.54 Å². The summed E-state index contributed by atoms with van der Waals surface area (Å²) in [5, 5.41) is 9.79. The lowest BCUT2D eigenvalue weighted by Crippen LogP contribution is -2.57. The highest BCUT2D eigenvalue weighted by atomic mass is 32.1. The van der Waals surface area contributed by atoms with E-state index in [9.17, 15) is 4.79 Å². The molecule has 2 N–H and O–H groups in total. The molecular weight excluding hydrogens is 362 g/mol. The number of rotatable bonds is 7. The van der Waals surface area contributed by atoms with Gasteiger partial charge in [-0.1, -0.05) is 0 Å². The minimum absolute atomic E-state index is 0.148. The van der Waals surface area contributed by atoms with Gasteiger partial charge in [0.05, 0.1) is 12.0 Å². The molecule has 2 aliphatic heterocycles. The lowest BCUT2D eigenvalue weighted by atomic mass is 9.84. The van der Waals surface area contributed by atoms with Gasteiger partial charge in [0.15, 0.2) is 0 Å². The number of amides is 1. The van der Waals surface area contributed by atoms with Crippen molar-refractivity contribution >= 4 is 33.3 Å². The predicted molar refractivity (Wildman–Crippen MR) is 107 cm³/mol. The first-order chi connectivity index (χ1) is 13.2. The van der Waals surface area contributed by atoms with Gasteiger partial charge in [-0.3, -0.25) is 9.69 Å². The van der Waals surface area contributed by atoms with E-state index in [1.165, 1.54) is 0 Å². The van der Waals surface area contributed by atoms with Crippen molar-refractivity contribution in [3.63, 3.8) is 0 Å². The van der Waals surface area contributed by atoms with Crippen molar-refractivity contribution in [2.45, 2.75) is 44.2 Å². The first-order valence-corrected chi connectivity index (χ1v) is 10.7. The van der Waals surface area contributed by atoms with Gasteiger partial charge in [-0.2, -0.15) is 0 Å². The van der Waals surface area contributed by atoms with Gasteiger partial charge in [0.1, 0.15) is 22.5 Å². The monoisotopic (exact) mass is 389 g/mol. The number of hydrogen-bond acceptors (Lipinski definition) is 7. The van der Waals surface area contributed by atoms with Gasteiger partial charge < -0.3 is 15.4 Å². The van der Waals surface area contributed by atoms with Crippen molar-refractivity contribution in [3.05, 3.63) is 17.8 Å². The van der Waals surface area contributed by atoms with Crippen molar-refractivity contribution in [1.29, 1.82) is 0 Å². The highest BCUT2D eigenvalue weighted by Crippen LogP contribution is 2.39. The average molecular weight is 390 g/mol. The Kier molecular flexibility index (Phi) is 5.56. The van der Waals surface area contributed by atoms with Crippen LogP contribution in [0.1, 0.15) is 32.6 Å². The zero-order valence-corrected chi connectivity index (χ0v) is 16.6. The van der Waals surface area contributed by atoms with Gasteiger partial charge >= 0.3 is 0 Å². The number of piperidine rings is 1. The highest BCUT2D eigenvalue weighted by Gasteiger charge is 2.51. The third kappa shape index (κ3) is 3.66. The molecule has 146 valence electrons. The highest BCUT2D eigenvalue weighted by molar-refractivity contribution is 7.16. The van der Waals surface area contributed by atoms with E-state index in [0.29, 0.717) is 19.8 Å². The van der Waals surface area contributed by atoms with Gasteiger partial charge in [0.25, 0.3) is 0 Å². The second-order valence-electron chi connectivity index (χ2n) is 7.29. The average Bonchev–Trinajstić information content (AvgIpc) is 3.30. The van der Waals surface area contributed by atoms with Crippen molar-refractivity contribution in [1.82, 2.24) is 20.2 Å². The molecule has 0 saturated carbocycles. The summed E-state index contributed by atoms with van der Waals surface area (Å²) < 4.78 is 5.36. The Morgan fingerprint density at radius 2 is 2.37 bits per heavy atom. The number of aromatic nitrogens is 2. The molecule has 0 spiro atoms. The summed E-state index contributed by atoms with van der Waals surface area (Å²) in [6, 6.07) is 2.26. The van der Waals surface area contributed by atoms with Crippen LogP contribution < -0.4 is 10.6 Å². The van der Waals surface area contributed by atoms with Gasteiger partial charge in [-0.15, -0.1) is 11.3 Å². The molecule has 0 aliphatic carbocycles. The minimum atomic E-state index is -0.400. The molecule has 0 radical (unpaired) electrons. The number of hydrogen-bond donors (Lipinski definition) is 2. The molecule has 7 nitrogen and oxygen atoms in total. The summed E-state index contributed by atoms with van der Waals surface area (Å²) in [7, 11) is 0. The normalized spacial score (nSPS) is 25.4. The summed E-state index contributed by atoms with van der Waals surface area (Å²) in [5.74, 6) is 1.02. The van der Waals surface area contributed by atoms with Crippen LogP contribution in [0.2, 0.25) is 0 Å². The van der Waals surface area contributed by atoms with Crippen molar-refractivity contribution in [2.75, 3.05) is 38.2 Å². The number of thiophene rings is 1. The van der Waals surface area contributed by atoms with E-state index in [0.717, 1.165) is 54.8 Å². The molecule has 4 rings (SSSR count). The molecule has 0 aromatic carbocycles. The number of fused-ring (bicyclic) bond motifs is 2. The third-order valence-electron chi connectivity index (χ3n) is 5.66. The Hall–Kier alpha value is -1.77. The first-order valence-electron chi connectivity index (χ1n) is 9.79. The van der Waals surface area contributed by atoms with Crippen LogP contribution in [-0.2, 0) is 9.53 Å². The molecule has 4 heterocycles. The Morgan fingerprint density at radius 1 is 1.44 bits per heavy atom. The fraction of sp³-hybridized carbons (Fsp3) is 0.632. The van der Waals surface area contributed by atoms with Crippen molar-refractivity contribution in [2.24, 2.45) is 0 Å². The molecule has 8 heteroatoms. The second-order valence-corrected chi connectivity index (χ2v) is 8.19. The SMILES string of the molecule is CCOCCNC(=O)[C@@]12CCCCN1C[C@@H](Nc1ncnc3sccc13)C2.